The van der Waals surface area contributed by atoms with Crippen molar-refractivity contribution in [2.75, 3.05) is 26.2 Å². The fourth-order valence-electron chi connectivity index (χ4n) is 5.43. The minimum atomic E-state index is -1.58. The van der Waals surface area contributed by atoms with Gasteiger partial charge in [-0.2, -0.15) is 0 Å². The van der Waals surface area contributed by atoms with E-state index >= 15 is 8.78 Å². The van der Waals surface area contributed by atoms with E-state index in [-0.39, 0.29) is 43.1 Å². The number of likely N-dealkylation sites (tertiary alicyclic amines) is 2. The molecule has 3 fully saturated rings. The summed E-state index contributed by atoms with van der Waals surface area (Å²) < 4.78 is 50.6. The third-order valence-electron chi connectivity index (χ3n) is 8.02. The van der Waals surface area contributed by atoms with Gasteiger partial charge in [0, 0.05) is 37.1 Å². The van der Waals surface area contributed by atoms with Crippen molar-refractivity contribution in [1.82, 2.24) is 9.80 Å². The van der Waals surface area contributed by atoms with E-state index in [1.54, 1.807) is 0 Å². The number of carboxylic acid groups (broad SMARTS) is 1. The molecule has 3 aliphatic rings. The van der Waals surface area contributed by atoms with Crippen LogP contribution in [0.1, 0.15) is 65.1 Å². The number of alkyl halides is 2. The number of amides is 1. The van der Waals surface area contributed by atoms with Crippen molar-refractivity contribution < 1.29 is 32.6 Å². The minimum Gasteiger partial charge on any atom is -0.490 e. The standard InChI is InChI=1S/C29H32ClF3N2O4/c1-17-2-3-18(10-23(17)30)14-34-8-6-29(33,7-9-34)16-39-26-13-24(32)22(12-21(26)19-4-5-19)27(36)35-15-20(31)11-25(35)28(37)38/h2-3,10,12-13,19-20,25H,4-9,11,14-16H2,1H3,(H,37,38)/t20-,25+/m1/s1. The molecule has 0 unspecified atom stereocenters. The molecular weight excluding hydrogens is 533 g/mol. The summed E-state index contributed by atoms with van der Waals surface area (Å²) in [6.07, 6.45) is 0.366. The molecule has 2 aliphatic heterocycles. The Bertz CT molecular complexity index is 1260. The molecule has 2 aromatic rings. The summed E-state index contributed by atoms with van der Waals surface area (Å²) in [5.41, 5.74) is 0.780. The van der Waals surface area contributed by atoms with Crippen molar-refractivity contribution in [1.29, 1.82) is 0 Å². The number of carbonyl (C=O) groups is 2. The Balaban J connectivity index is 1.24. The van der Waals surface area contributed by atoms with E-state index in [9.17, 15) is 19.1 Å². The van der Waals surface area contributed by atoms with Gasteiger partial charge in [0.15, 0.2) is 0 Å². The molecule has 1 saturated carbocycles. The first-order valence-corrected chi connectivity index (χ1v) is 13.7. The van der Waals surface area contributed by atoms with Crippen LogP contribution in [0.15, 0.2) is 30.3 Å². The Labute approximate surface area is 230 Å². The molecule has 0 aromatic heterocycles. The van der Waals surface area contributed by atoms with E-state index in [4.69, 9.17) is 16.3 Å². The number of aryl methyl sites for hydroxylation is 1. The summed E-state index contributed by atoms with van der Waals surface area (Å²) in [5.74, 6) is -2.84. The van der Waals surface area contributed by atoms with Crippen molar-refractivity contribution in [2.45, 2.75) is 69.4 Å². The third-order valence-corrected chi connectivity index (χ3v) is 8.43. The van der Waals surface area contributed by atoms with Gasteiger partial charge in [0.25, 0.3) is 5.91 Å². The van der Waals surface area contributed by atoms with Crippen molar-refractivity contribution in [2.24, 2.45) is 0 Å². The molecule has 2 saturated heterocycles. The smallest absolute Gasteiger partial charge is 0.326 e. The first-order valence-electron chi connectivity index (χ1n) is 13.3. The largest absolute Gasteiger partial charge is 0.490 e. The number of aliphatic carboxylic acids is 1. The summed E-state index contributed by atoms with van der Waals surface area (Å²) in [7, 11) is 0. The lowest BCUT2D eigenvalue weighted by atomic mass is 9.93. The molecule has 5 rings (SSSR count). The average Bonchev–Trinajstić information content (AvgIpc) is 3.66. The SMILES string of the molecule is Cc1ccc(CN2CCC(F)(COc3cc(F)c(C(=O)N4C[C@H](F)C[C@H]4C(=O)O)cc3C3CC3)CC2)cc1Cl. The van der Waals surface area contributed by atoms with Crippen LogP contribution < -0.4 is 4.74 Å². The average molecular weight is 565 g/mol. The number of piperidine rings is 1. The van der Waals surface area contributed by atoms with E-state index in [1.807, 2.05) is 25.1 Å². The summed E-state index contributed by atoms with van der Waals surface area (Å²) in [6.45, 7) is 3.06. The summed E-state index contributed by atoms with van der Waals surface area (Å²) >= 11 is 6.23. The fourth-order valence-corrected chi connectivity index (χ4v) is 5.63. The van der Waals surface area contributed by atoms with Gasteiger partial charge >= 0.3 is 5.97 Å². The van der Waals surface area contributed by atoms with Crippen molar-refractivity contribution in [3.05, 3.63) is 63.4 Å². The first-order chi connectivity index (χ1) is 18.5. The molecule has 2 aromatic carbocycles. The van der Waals surface area contributed by atoms with Crippen LogP contribution in [0.2, 0.25) is 5.02 Å². The van der Waals surface area contributed by atoms with Crippen LogP contribution in [0.4, 0.5) is 13.2 Å². The Morgan fingerprint density at radius 1 is 1.18 bits per heavy atom. The van der Waals surface area contributed by atoms with Crippen LogP contribution in [-0.2, 0) is 11.3 Å². The number of rotatable bonds is 8. The molecule has 2 atom stereocenters. The van der Waals surface area contributed by atoms with Gasteiger partial charge < -0.3 is 14.7 Å². The third kappa shape index (κ3) is 6.19. The van der Waals surface area contributed by atoms with Gasteiger partial charge in [-0.25, -0.2) is 18.0 Å². The summed E-state index contributed by atoms with van der Waals surface area (Å²) in [5, 5.41) is 10.1. The quantitative estimate of drug-likeness (QED) is 0.446. The van der Waals surface area contributed by atoms with Crippen LogP contribution in [0.25, 0.3) is 0 Å². The highest BCUT2D eigenvalue weighted by atomic mass is 35.5. The summed E-state index contributed by atoms with van der Waals surface area (Å²) in [4.78, 5) is 27.6. The van der Waals surface area contributed by atoms with Gasteiger partial charge in [0.2, 0.25) is 0 Å². The van der Waals surface area contributed by atoms with Gasteiger partial charge in [0.05, 0.1) is 12.1 Å². The minimum absolute atomic E-state index is 0.0497. The molecule has 1 N–H and O–H groups in total. The van der Waals surface area contributed by atoms with Crippen LogP contribution in [-0.4, -0.2) is 70.9 Å². The Kier molecular flexibility index (Phi) is 7.84. The van der Waals surface area contributed by atoms with Crippen molar-refractivity contribution in [3.63, 3.8) is 0 Å². The van der Waals surface area contributed by atoms with Crippen LogP contribution in [0.5, 0.6) is 5.75 Å². The number of hydrogen-bond acceptors (Lipinski definition) is 4. The molecule has 0 radical (unpaired) electrons. The monoisotopic (exact) mass is 564 g/mol. The zero-order chi connectivity index (χ0) is 27.9. The number of carboxylic acids is 1. The molecule has 6 nitrogen and oxygen atoms in total. The normalized spacial score (nSPS) is 23.2. The molecular formula is C29H32ClF3N2O4. The number of ether oxygens (including phenoxy) is 1. The van der Waals surface area contributed by atoms with Crippen molar-refractivity contribution in [3.8, 4) is 5.75 Å². The zero-order valence-corrected chi connectivity index (χ0v) is 22.5. The highest BCUT2D eigenvalue weighted by Gasteiger charge is 2.42. The first kappa shape index (κ1) is 27.8. The lowest BCUT2D eigenvalue weighted by Gasteiger charge is -2.36. The van der Waals surface area contributed by atoms with Gasteiger partial charge in [-0.1, -0.05) is 23.7 Å². The predicted molar refractivity (Wildman–Crippen MR) is 140 cm³/mol. The second-order valence-electron chi connectivity index (χ2n) is 11.1. The highest BCUT2D eigenvalue weighted by Crippen LogP contribution is 2.46. The topological polar surface area (TPSA) is 70.1 Å². The highest BCUT2D eigenvalue weighted by molar-refractivity contribution is 6.31. The lowest BCUT2D eigenvalue weighted by Crippen LogP contribution is -2.44. The van der Waals surface area contributed by atoms with Gasteiger partial charge in [0.1, 0.15) is 36.1 Å². The summed E-state index contributed by atoms with van der Waals surface area (Å²) in [6, 6.07) is 7.03. The van der Waals surface area contributed by atoms with Gasteiger partial charge in [-0.15, -0.1) is 0 Å². The number of carbonyl (C=O) groups excluding carboxylic acids is 1. The Morgan fingerprint density at radius 2 is 1.90 bits per heavy atom. The maximum Gasteiger partial charge on any atom is 0.326 e. The van der Waals surface area contributed by atoms with Crippen LogP contribution in [0, 0.1) is 12.7 Å². The lowest BCUT2D eigenvalue weighted by molar-refractivity contribution is -0.141. The molecule has 1 amide bonds. The molecule has 39 heavy (non-hydrogen) atoms. The number of halogens is 4. The van der Waals surface area contributed by atoms with E-state index in [0.717, 1.165) is 34.9 Å². The second kappa shape index (κ2) is 11.0. The maximum atomic E-state index is 15.7. The van der Waals surface area contributed by atoms with Gasteiger partial charge in [-0.3, -0.25) is 9.69 Å². The molecule has 210 valence electrons. The Morgan fingerprint density at radius 3 is 2.54 bits per heavy atom. The van der Waals surface area contributed by atoms with E-state index < -0.39 is 42.1 Å². The van der Waals surface area contributed by atoms with Crippen molar-refractivity contribution >= 4 is 23.5 Å². The number of hydrogen-bond donors (Lipinski definition) is 1. The maximum absolute atomic E-state index is 15.7. The Hall–Kier alpha value is -2.78. The van der Waals surface area contributed by atoms with E-state index in [2.05, 4.69) is 4.90 Å². The molecule has 0 spiro atoms. The molecule has 1 aliphatic carbocycles. The van der Waals surface area contributed by atoms with Crippen LogP contribution >= 0.6 is 11.6 Å². The van der Waals surface area contributed by atoms with Crippen LogP contribution in [0.3, 0.4) is 0 Å². The van der Waals surface area contributed by atoms with Gasteiger partial charge in [-0.05, 0) is 67.3 Å². The molecule has 10 heteroatoms. The fraction of sp³-hybridized carbons (Fsp3) is 0.517. The second-order valence-corrected chi connectivity index (χ2v) is 11.5. The number of nitrogens with zero attached hydrogens (tertiary/aromatic N) is 2. The predicted octanol–water partition coefficient (Wildman–Crippen LogP) is 5.69. The molecule has 2 heterocycles. The van der Waals surface area contributed by atoms with E-state index in [1.165, 1.54) is 6.07 Å². The number of benzene rings is 2. The molecule has 0 bridgehead atoms. The zero-order valence-electron chi connectivity index (χ0n) is 21.8. The van der Waals surface area contributed by atoms with E-state index in [0.29, 0.717) is 30.2 Å².